The zero-order valence-corrected chi connectivity index (χ0v) is 13.4. The number of nitrogens with one attached hydrogen (secondary N) is 1. The highest BCUT2D eigenvalue weighted by Crippen LogP contribution is 2.31. The summed E-state index contributed by atoms with van der Waals surface area (Å²) in [6.45, 7) is 0.402. The summed E-state index contributed by atoms with van der Waals surface area (Å²) >= 11 is 2.29. The quantitative estimate of drug-likeness (QED) is 0.300. The zero-order chi connectivity index (χ0) is 15.9. The first-order chi connectivity index (χ1) is 9.86. The van der Waals surface area contributed by atoms with Crippen molar-refractivity contribution in [3.63, 3.8) is 0 Å². The fraction of sp³-hybridized carbons (Fsp3) is 0.500. The molecule has 0 atom stereocenters. The van der Waals surface area contributed by atoms with E-state index in [0.29, 0.717) is 18.7 Å². The molecular formula is C14H16F4INO. The second-order valence-electron chi connectivity index (χ2n) is 4.55. The summed E-state index contributed by atoms with van der Waals surface area (Å²) < 4.78 is 51.8. The first-order valence-electron chi connectivity index (χ1n) is 6.57. The molecule has 0 bridgehead atoms. The highest BCUT2D eigenvalue weighted by atomic mass is 127. The lowest BCUT2D eigenvalue weighted by molar-refractivity contribution is -0.140. The van der Waals surface area contributed by atoms with E-state index in [4.69, 9.17) is 0 Å². The van der Waals surface area contributed by atoms with Crippen LogP contribution in [0, 0.1) is 5.82 Å². The van der Waals surface area contributed by atoms with Gasteiger partial charge in [-0.3, -0.25) is 4.79 Å². The normalized spacial score (nSPS) is 11.5. The van der Waals surface area contributed by atoms with Crippen LogP contribution in [0.2, 0.25) is 0 Å². The average Bonchev–Trinajstić information content (AvgIpc) is 2.41. The number of alkyl halides is 4. The molecule has 21 heavy (non-hydrogen) atoms. The van der Waals surface area contributed by atoms with Crippen molar-refractivity contribution in [1.29, 1.82) is 0 Å². The molecule has 2 nitrogen and oxygen atoms in total. The summed E-state index contributed by atoms with van der Waals surface area (Å²) in [4.78, 5) is 11.7. The van der Waals surface area contributed by atoms with Gasteiger partial charge >= 0.3 is 6.18 Å². The molecule has 0 aliphatic rings. The molecule has 0 radical (unpaired) electrons. The van der Waals surface area contributed by atoms with Crippen LogP contribution in [0.3, 0.4) is 0 Å². The van der Waals surface area contributed by atoms with Crippen LogP contribution in [0.4, 0.5) is 17.6 Å². The molecule has 1 aromatic carbocycles. The van der Waals surface area contributed by atoms with Crippen molar-refractivity contribution in [3.8, 4) is 0 Å². The number of benzene rings is 1. The third-order valence-corrected chi connectivity index (χ3v) is 3.64. The predicted molar refractivity (Wildman–Crippen MR) is 81.1 cm³/mol. The molecular weight excluding hydrogens is 401 g/mol. The van der Waals surface area contributed by atoms with E-state index in [1.165, 1.54) is 0 Å². The van der Waals surface area contributed by atoms with E-state index in [1.807, 2.05) is 0 Å². The third kappa shape index (κ3) is 6.19. The van der Waals surface area contributed by atoms with Crippen LogP contribution in [0.5, 0.6) is 0 Å². The summed E-state index contributed by atoms with van der Waals surface area (Å²) in [6.07, 6.45) is -0.898. The van der Waals surface area contributed by atoms with E-state index < -0.39 is 23.5 Å². The van der Waals surface area contributed by atoms with Crippen molar-refractivity contribution in [2.24, 2.45) is 0 Å². The summed E-state index contributed by atoms with van der Waals surface area (Å²) in [5, 5.41) is 2.54. The number of hydrogen-bond donors (Lipinski definition) is 1. The van der Waals surface area contributed by atoms with Gasteiger partial charge < -0.3 is 5.32 Å². The number of rotatable bonds is 7. The number of carbonyl (C=O) groups is 1. The Balaban J connectivity index is 2.55. The number of carbonyl (C=O) groups excluding carboxylic acids is 1. The highest BCUT2D eigenvalue weighted by molar-refractivity contribution is 14.1. The highest BCUT2D eigenvalue weighted by Gasteiger charge is 2.34. The van der Waals surface area contributed by atoms with Gasteiger partial charge in [0.1, 0.15) is 5.82 Å². The van der Waals surface area contributed by atoms with Gasteiger partial charge in [-0.25, -0.2) is 4.39 Å². The van der Waals surface area contributed by atoms with Gasteiger partial charge in [-0.1, -0.05) is 35.4 Å². The van der Waals surface area contributed by atoms with Crippen molar-refractivity contribution in [1.82, 2.24) is 5.32 Å². The largest absolute Gasteiger partial charge is 0.419 e. The van der Waals surface area contributed by atoms with Crippen LogP contribution < -0.4 is 5.32 Å². The molecule has 0 saturated heterocycles. The number of amides is 1. The molecule has 7 heteroatoms. The molecule has 118 valence electrons. The Labute approximate surface area is 134 Å². The Bertz CT molecular complexity index is 477. The second kappa shape index (κ2) is 8.55. The Morgan fingerprint density at radius 2 is 1.81 bits per heavy atom. The van der Waals surface area contributed by atoms with Gasteiger partial charge in [0.05, 0.1) is 5.56 Å². The lowest BCUT2D eigenvalue weighted by atomic mass is 10.1. The summed E-state index contributed by atoms with van der Waals surface area (Å²) in [5.74, 6) is -1.99. The van der Waals surface area contributed by atoms with Crippen molar-refractivity contribution in [2.75, 3.05) is 11.0 Å². The van der Waals surface area contributed by atoms with Crippen LogP contribution in [-0.2, 0) is 6.18 Å². The number of hydrogen-bond acceptors (Lipinski definition) is 1. The van der Waals surface area contributed by atoms with Crippen LogP contribution in [0.25, 0.3) is 0 Å². The zero-order valence-electron chi connectivity index (χ0n) is 11.3. The first-order valence-corrected chi connectivity index (χ1v) is 8.09. The summed E-state index contributed by atoms with van der Waals surface area (Å²) in [7, 11) is 0. The molecule has 0 aliphatic carbocycles. The van der Waals surface area contributed by atoms with Crippen LogP contribution >= 0.6 is 22.6 Å². The summed E-state index contributed by atoms with van der Waals surface area (Å²) in [5.41, 5.74) is -1.60. The maximum absolute atomic E-state index is 13.1. The average molecular weight is 417 g/mol. The van der Waals surface area contributed by atoms with Gasteiger partial charge in [0.2, 0.25) is 0 Å². The second-order valence-corrected chi connectivity index (χ2v) is 5.63. The van der Waals surface area contributed by atoms with E-state index in [2.05, 4.69) is 27.9 Å². The Morgan fingerprint density at radius 3 is 2.43 bits per heavy atom. The SMILES string of the molecule is O=C(NCCCCCCI)c1ccc(F)c(C(F)(F)F)c1. The fourth-order valence-corrected chi connectivity index (χ4v) is 2.30. The lowest BCUT2D eigenvalue weighted by Crippen LogP contribution is -2.25. The smallest absolute Gasteiger partial charge is 0.352 e. The minimum Gasteiger partial charge on any atom is -0.352 e. The van der Waals surface area contributed by atoms with E-state index in [0.717, 1.165) is 36.2 Å². The topological polar surface area (TPSA) is 29.1 Å². The molecule has 0 aromatic heterocycles. The Hall–Kier alpha value is -0.860. The monoisotopic (exact) mass is 417 g/mol. The fourth-order valence-electron chi connectivity index (χ4n) is 1.76. The van der Waals surface area contributed by atoms with Crippen LogP contribution in [-0.4, -0.2) is 16.9 Å². The minimum absolute atomic E-state index is 0.184. The standard InChI is InChI=1S/C14H16F4INO/c15-12-6-5-10(9-11(12)14(16,17)18)13(21)20-8-4-2-1-3-7-19/h5-6,9H,1-4,7-8H2,(H,20,21). The van der Waals surface area contributed by atoms with E-state index in [9.17, 15) is 22.4 Å². The molecule has 0 saturated carbocycles. The molecule has 0 spiro atoms. The molecule has 1 amide bonds. The van der Waals surface area contributed by atoms with E-state index in [-0.39, 0.29) is 5.56 Å². The van der Waals surface area contributed by atoms with Crippen LogP contribution in [0.1, 0.15) is 41.6 Å². The molecule has 1 aromatic rings. The van der Waals surface area contributed by atoms with Gasteiger partial charge in [-0.15, -0.1) is 0 Å². The van der Waals surface area contributed by atoms with Gasteiger partial charge in [-0.2, -0.15) is 13.2 Å². The molecule has 0 heterocycles. The van der Waals surface area contributed by atoms with E-state index in [1.54, 1.807) is 0 Å². The van der Waals surface area contributed by atoms with Gasteiger partial charge in [0.25, 0.3) is 5.91 Å². The molecule has 0 fully saturated rings. The minimum atomic E-state index is -4.81. The molecule has 1 N–H and O–H groups in total. The van der Waals surface area contributed by atoms with Crippen LogP contribution in [0.15, 0.2) is 18.2 Å². The third-order valence-electron chi connectivity index (χ3n) is 2.88. The Kier molecular flexibility index (Phi) is 7.41. The number of unbranched alkanes of at least 4 members (excludes halogenated alkanes) is 3. The summed E-state index contributed by atoms with van der Waals surface area (Å²) in [6, 6.07) is 2.26. The molecule has 1 rings (SSSR count). The van der Waals surface area contributed by atoms with Gasteiger partial charge in [0.15, 0.2) is 0 Å². The van der Waals surface area contributed by atoms with Gasteiger partial charge in [0, 0.05) is 12.1 Å². The maximum Gasteiger partial charge on any atom is 0.419 e. The predicted octanol–water partition coefficient (Wildman–Crippen LogP) is 4.57. The molecule has 0 aliphatic heterocycles. The van der Waals surface area contributed by atoms with Crippen molar-refractivity contribution < 1.29 is 22.4 Å². The van der Waals surface area contributed by atoms with Crippen molar-refractivity contribution in [3.05, 3.63) is 35.1 Å². The first kappa shape index (κ1) is 18.2. The van der Waals surface area contributed by atoms with Crippen molar-refractivity contribution in [2.45, 2.75) is 31.9 Å². The van der Waals surface area contributed by atoms with Crippen molar-refractivity contribution >= 4 is 28.5 Å². The molecule has 0 unspecified atom stereocenters. The number of halogens is 5. The Morgan fingerprint density at radius 1 is 1.14 bits per heavy atom. The van der Waals surface area contributed by atoms with Gasteiger partial charge in [-0.05, 0) is 35.5 Å². The maximum atomic E-state index is 13.1. The van der Waals surface area contributed by atoms with E-state index >= 15 is 0 Å². The lowest BCUT2D eigenvalue weighted by Gasteiger charge is -2.10.